The van der Waals surface area contributed by atoms with Crippen LogP contribution in [0.1, 0.15) is 51.9 Å². The quantitative estimate of drug-likeness (QED) is 0.326. The van der Waals surface area contributed by atoms with Crippen molar-refractivity contribution in [2.75, 3.05) is 13.2 Å². The highest BCUT2D eigenvalue weighted by Crippen LogP contribution is 2.07. The second kappa shape index (κ2) is 10.7. The van der Waals surface area contributed by atoms with Crippen LogP contribution in [0.25, 0.3) is 0 Å². The summed E-state index contributed by atoms with van der Waals surface area (Å²) in [6.07, 6.45) is 7.33. The van der Waals surface area contributed by atoms with Crippen LogP contribution in [0.4, 0.5) is 0 Å². The lowest BCUT2D eigenvalue weighted by atomic mass is 10.1. The summed E-state index contributed by atoms with van der Waals surface area (Å²) in [5.41, 5.74) is 0.456. The van der Waals surface area contributed by atoms with Crippen LogP contribution in [0, 0.1) is 0 Å². The van der Waals surface area contributed by atoms with Crippen molar-refractivity contribution in [1.29, 1.82) is 0 Å². The van der Waals surface area contributed by atoms with Crippen LogP contribution >= 0.6 is 0 Å². The molecule has 0 rings (SSSR count). The third-order valence-corrected chi connectivity index (χ3v) is 2.37. The lowest BCUT2D eigenvalue weighted by Gasteiger charge is -2.04. The van der Waals surface area contributed by atoms with Crippen molar-refractivity contribution in [1.82, 2.24) is 0 Å². The van der Waals surface area contributed by atoms with Gasteiger partial charge in [0.1, 0.15) is 0 Å². The van der Waals surface area contributed by atoms with E-state index in [1.807, 2.05) is 0 Å². The number of ether oxygens (including phenoxy) is 1. The fraction of sp³-hybridized carbons (Fsp3) is 0.769. The maximum Gasteiger partial charge on any atom is 0.333 e. The van der Waals surface area contributed by atoms with E-state index in [1.54, 1.807) is 6.92 Å². The number of rotatable bonds is 10. The first kappa shape index (κ1) is 15.2. The molecule has 0 N–H and O–H groups in total. The minimum absolute atomic E-state index is 0.0524. The SMILES string of the molecule is C=C(C)C(=O)OCCCCCCCCC[O]. The van der Waals surface area contributed by atoms with Crippen molar-refractivity contribution < 1.29 is 14.6 Å². The maximum atomic E-state index is 11.0. The smallest absolute Gasteiger partial charge is 0.333 e. The fourth-order valence-corrected chi connectivity index (χ4v) is 1.38. The maximum absolute atomic E-state index is 11.0. The van der Waals surface area contributed by atoms with Crippen LogP contribution in [0.2, 0.25) is 0 Å². The topological polar surface area (TPSA) is 46.2 Å². The molecule has 0 fully saturated rings. The number of esters is 1. The van der Waals surface area contributed by atoms with Crippen molar-refractivity contribution in [3.05, 3.63) is 12.2 Å². The molecular formula is C13H23O3. The van der Waals surface area contributed by atoms with Crippen LogP contribution in [0.5, 0.6) is 0 Å². The van der Waals surface area contributed by atoms with Gasteiger partial charge in [0, 0.05) is 5.57 Å². The molecule has 0 unspecified atom stereocenters. The standard InChI is InChI=1S/C13H23O3/c1-12(2)13(15)16-11-9-7-5-3-4-6-8-10-14/h1,3-11H2,2H3. The minimum Gasteiger partial charge on any atom is -0.462 e. The summed E-state index contributed by atoms with van der Waals surface area (Å²) in [7, 11) is 0. The van der Waals surface area contributed by atoms with Gasteiger partial charge in [0.05, 0.1) is 13.2 Å². The summed E-state index contributed by atoms with van der Waals surface area (Å²) in [5.74, 6) is -0.296. The predicted molar refractivity (Wildman–Crippen MR) is 63.6 cm³/mol. The summed E-state index contributed by atoms with van der Waals surface area (Å²) in [4.78, 5) is 11.0. The molecular weight excluding hydrogens is 204 g/mol. The average Bonchev–Trinajstić information content (AvgIpc) is 2.26. The third kappa shape index (κ3) is 9.71. The Bertz CT molecular complexity index is 199. The van der Waals surface area contributed by atoms with Gasteiger partial charge in [0.2, 0.25) is 0 Å². The highest BCUT2D eigenvalue weighted by atomic mass is 16.5. The molecule has 93 valence electrons. The Morgan fingerprint density at radius 3 is 2.00 bits per heavy atom. The van der Waals surface area contributed by atoms with E-state index in [-0.39, 0.29) is 12.6 Å². The number of carbonyl (C=O) groups is 1. The summed E-state index contributed by atoms with van der Waals surface area (Å²) in [6, 6.07) is 0. The molecule has 0 spiro atoms. The van der Waals surface area contributed by atoms with Gasteiger partial charge in [0.25, 0.3) is 0 Å². The van der Waals surface area contributed by atoms with Gasteiger partial charge in [-0.05, 0) is 19.8 Å². The van der Waals surface area contributed by atoms with Gasteiger partial charge in [-0.2, -0.15) is 0 Å². The predicted octanol–water partition coefficient (Wildman–Crippen LogP) is 3.27. The zero-order chi connectivity index (χ0) is 12.2. The first-order chi connectivity index (χ1) is 7.68. The Kier molecular flexibility index (Phi) is 10.1. The Labute approximate surface area is 98.5 Å². The normalized spacial score (nSPS) is 10.1. The molecule has 0 heterocycles. The van der Waals surface area contributed by atoms with Crippen LogP contribution in [-0.2, 0) is 14.6 Å². The van der Waals surface area contributed by atoms with Gasteiger partial charge in [-0.25, -0.2) is 9.90 Å². The summed E-state index contributed by atoms with van der Waals surface area (Å²) in [6.45, 7) is 5.71. The average molecular weight is 227 g/mol. The van der Waals surface area contributed by atoms with Crippen molar-refractivity contribution in [3.8, 4) is 0 Å². The van der Waals surface area contributed by atoms with Gasteiger partial charge < -0.3 is 4.74 Å². The van der Waals surface area contributed by atoms with Gasteiger partial charge in [-0.3, -0.25) is 0 Å². The third-order valence-electron chi connectivity index (χ3n) is 2.37. The van der Waals surface area contributed by atoms with E-state index < -0.39 is 0 Å². The molecule has 16 heavy (non-hydrogen) atoms. The number of hydrogen-bond donors (Lipinski definition) is 0. The zero-order valence-corrected chi connectivity index (χ0v) is 10.3. The Morgan fingerprint density at radius 2 is 1.50 bits per heavy atom. The van der Waals surface area contributed by atoms with Crippen LogP contribution in [-0.4, -0.2) is 19.2 Å². The van der Waals surface area contributed by atoms with Gasteiger partial charge in [0.15, 0.2) is 0 Å². The van der Waals surface area contributed by atoms with E-state index in [1.165, 1.54) is 6.42 Å². The molecule has 3 heteroatoms. The van der Waals surface area contributed by atoms with E-state index in [0.717, 1.165) is 38.5 Å². The van der Waals surface area contributed by atoms with E-state index in [4.69, 9.17) is 4.74 Å². The highest BCUT2D eigenvalue weighted by Gasteiger charge is 2.01. The molecule has 3 nitrogen and oxygen atoms in total. The minimum atomic E-state index is -0.296. The number of hydrogen-bond acceptors (Lipinski definition) is 2. The Hall–Kier alpha value is -0.830. The number of unbranched alkanes of at least 4 members (excludes halogenated alkanes) is 6. The van der Waals surface area contributed by atoms with Gasteiger partial charge in [-0.15, -0.1) is 0 Å². The molecule has 0 bridgehead atoms. The van der Waals surface area contributed by atoms with Crippen molar-refractivity contribution in [2.45, 2.75) is 51.9 Å². The van der Waals surface area contributed by atoms with Crippen molar-refractivity contribution in [3.63, 3.8) is 0 Å². The molecule has 0 aromatic carbocycles. The zero-order valence-electron chi connectivity index (χ0n) is 10.3. The molecule has 0 saturated carbocycles. The van der Waals surface area contributed by atoms with Crippen LogP contribution < -0.4 is 0 Å². The molecule has 1 radical (unpaired) electrons. The van der Waals surface area contributed by atoms with Crippen LogP contribution in [0.15, 0.2) is 12.2 Å². The van der Waals surface area contributed by atoms with Gasteiger partial charge >= 0.3 is 5.97 Å². The lowest BCUT2D eigenvalue weighted by Crippen LogP contribution is -2.05. The molecule has 0 aliphatic rings. The van der Waals surface area contributed by atoms with E-state index in [0.29, 0.717) is 12.2 Å². The first-order valence-corrected chi connectivity index (χ1v) is 6.09. The van der Waals surface area contributed by atoms with Crippen molar-refractivity contribution >= 4 is 5.97 Å². The molecule has 0 amide bonds. The number of carbonyl (C=O) groups excluding carboxylic acids is 1. The molecule has 0 aliphatic heterocycles. The van der Waals surface area contributed by atoms with E-state index in [9.17, 15) is 9.90 Å². The van der Waals surface area contributed by atoms with Gasteiger partial charge in [-0.1, -0.05) is 38.7 Å². The molecule has 0 aliphatic carbocycles. The Balaban J connectivity index is 3.10. The van der Waals surface area contributed by atoms with E-state index in [2.05, 4.69) is 6.58 Å². The monoisotopic (exact) mass is 227 g/mol. The summed E-state index contributed by atoms with van der Waals surface area (Å²) < 4.78 is 4.97. The van der Waals surface area contributed by atoms with Crippen LogP contribution in [0.3, 0.4) is 0 Å². The molecule has 0 aromatic rings. The summed E-state index contributed by atoms with van der Waals surface area (Å²) in [5, 5.41) is 10.2. The summed E-state index contributed by atoms with van der Waals surface area (Å²) >= 11 is 0. The highest BCUT2D eigenvalue weighted by molar-refractivity contribution is 5.86. The molecule has 0 aromatic heterocycles. The largest absolute Gasteiger partial charge is 0.462 e. The fourth-order valence-electron chi connectivity index (χ4n) is 1.38. The first-order valence-electron chi connectivity index (χ1n) is 6.09. The second-order valence-electron chi connectivity index (χ2n) is 4.10. The molecule has 0 atom stereocenters. The Morgan fingerprint density at radius 1 is 1.00 bits per heavy atom. The second-order valence-corrected chi connectivity index (χ2v) is 4.10. The van der Waals surface area contributed by atoms with E-state index >= 15 is 0 Å². The van der Waals surface area contributed by atoms with Crippen molar-refractivity contribution in [2.24, 2.45) is 0 Å². The molecule has 0 saturated heterocycles. The lowest BCUT2D eigenvalue weighted by molar-refractivity contribution is -0.139.